The predicted octanol–water partition coefficient (Wildman–Crippen LogP) is 1.84. The van der Waals surface area contributed by atoms with Crippen LogP contribution in [0, 0.1) is 5.82 Å². The number of Topliss-reactive ketones (excluding diaryl/α,β-unsaturated/α-hetero) is 1. The molecule has 0 fully saturated rings. The van der Waals surface area contributed by atoms with E-state index in [9.17, 15) is 9.18 Å². The number of carbonyl (C=O) groups is 1. The number of halogens is 2. The van der Waals surface area contributed by atoms with Crippen molar-refractivity contribution in [3.63, 3.8) is 0 Å². The minimum Gasteiger partial charge on any atom is -0.494 e. The third-order valence-electron chi connectivity index (χ3n) is 1.71. The summed E-state index contributed by atoms with van der Waals surface area (Å²) in [6.45, 7) is 0. The molecular weight excluding hydrogens is 209 g/mol. The van der Waals surface area contributed by atoms with Crippen LogP contribution in [0.1, 0.15) is 10.4 Å². The molecule has 0 amide bonds. The smallest absolute Gasteiger partial charge is 0.181 e. The minimum absolute atomic E-state index is 0.0694. The van der Waals surface area contributed by atoms with Crippen LogP contribution in [-0.4, -0.2) is 18.8 Å². The van der Waals surface area contributed by atoms with Gasteiger partial charge in [0.2, 0.25) is 0 Å². The number of ketones is 1. The second-order valence-corrected chi connectivity index (χ2v) is 2.90. The van der Waals surface area contributed by atoms with Crippen molar-refractivity contribution in [3.05, 3.63) is 23.5 Å². The summed E-state index contributed by atoms with van der Waals surface area (Å²) in [5.41, 5.74) is 5.62. The number of alkyl halides is 1. The maximum absolute atomic E-state index is 12.9. The number of rotatable bonds is 3. The highest BCUT2D eigenvalue weighted by Crippen LogP contribution is 2.28. The molecule has 0 saturated heterocycles. The third-order valence-corrected chi connectivity index (χ3v) is 1.95. The third kappa shape index (κ3) is 1.96. The SMILES string of the molecule is COc1c(N)cc(F)cc1C(=O)CCl. The second-order valence-electron chi connectivity index (χ2n) is 2.63. The molecule has 0 unspecified atom stereocenters. The summed E-state index contributed by atoms with van der Waals surface area (Å²) >= 11 is 5.35. The zero-order valence-electron chi connectivity index (χ0n) is 7.51. The molecule has 5 heteroatoms. The first-order chi connectivity index (χ1) is 6.60. The van der Waals surface area contributed by atoms with Crippen molar-refractivity contribution >= 4 is 23.1 Å². The highest BCUT2D eigenvalue weighted by atomic mass is 35.5. The summed E-state index contributed by atoms with van der Waals surface area (Å²) in [5.74, 6) is -1.08. The Labute approximate surface area is 85.6 Å². The molecule has 0 bridgehead atoms. The van der Waals surface area contributed by atoms with Gasteiger partial charge in [-0.25, -0.2) is 4.39 Å². The largest absolute Gasteiger partial charge is 0.494 e. The minimum atomic E-state index is -0.586. The molecule has 0 heterocycles. The maximum atomic E-state index is 12.9. The summed E-state index contributed by atoms with van der Waals surface area (Å²) in [6, 6.07) is 2.14. The summed E-state index contributed by atoms with van der Waals surface area (Å²) in [4.78, 5) is 11.3. The molecule has 0 aromatic heterocycles. The molecule has 0 atom stereocenters. The van der Waals surface area contributed by atoms with Crippen molar-refractivity contribution in [2.45, 2.75) is 0 Å². The average molecular weight is 218 g/mol. The van der Waals surface area contributed by atoms with Crippen molar-refractivity contribution in [2.75, 3.05) is 18.7 Å². The topological polar surface area (TPSA) is 52.3 Å². The molecule has 0 saturated carbocycles. The van der Waals surface area contributed by atoms with E-state index >= 15 is 0 Å². The van der Waals surface area contributed by atoms with E-state index in [2.05, 4.69) is 0 Å². The zero-order valence-corrected chi connectivity index (χ0v) is 8.27. The van der Waals surface area contributed by atoms with Crippen LogP contribution in [0.25, 0.3) is 0 Å². The van der Waals surface area contributed by atoms with Crippen LogP contribution < -0.4 is 10.5 Å². The van der Waals surface area contributed by atoms with Gasteiger partial charge in [-0.15, -0.1) is 11.6 Å². The Kier molecular flexibility index (Phi) is 3.30. The molecule has 0 radical (unpaired) electrons. The molecule has 0 aliphatic heterocycles. The van der Waals surface area contributed by atoms with Crippen LogP contribution in [0.4, 0.5) is 10.1 Å². The van der Waals surface area contributed by atoms with Crippen LogP contribution >= 0.6 is 11.6 Å². The number of anilines is 1. The number of hydrogen-bond acceptors (Lipinski definition) is 3. The van der Waals surface area contributed by atoms with Gasteiger partial charge in [-0.3, -0.25) is 4.79 Å². The number of nitrogens with two attached hydrogens (primary N) is 1. The van der Waals surface area contributed by atoms with Crippen LogP contribution in [0.2, 0.25) is 0 Å². The fraction of sp³-hybridized carbons (Fsp3) is 0.222. The number of carbonyl (C=O) groups excluding carboxylic acids is 1. The van der Waals surface area contributed by atoms with Crippen LogP contribution in [0.3, 0.4) is 0 Å². The van der Waals surface area contributed by atoms with Crippen molar-refractivity contribution in [1.29, 1.82) is 0 Å². The molecule has 1 aromatic carbocycles. The van der Waals surface area contributed by atoms with Gasteiger partial charge in [0.25, 0.3) is 0 Å². The number of ether oxygens (including phenoxy) is 1. The lowest BCUT2D eigenvalue weighted by atomic mass is 10.1. The van der Waals surface area contributed by atoms with Crippen molar-refractivity contribution in [1.82, 2.24) is 0 Å². The summed E-state index contributed by atoms with van der Waals surface area (Å²) in [7, 11) is 1.36. The number of nitrogen functional groups attached to an aromatic ring is 1. The Balaban J connectivity index is 3.32. The molecule has 2 N–H and O–H groups in total. The lowest BCUT2D eigenvalue weighted by Crippen LogP contribution is -2.06. The number of benzene rings is 1. The van der Waals surface area contributed by atoms with Gasteiger partial charge >= 0.3 is 0 Å². The molecule has 0 spiro atoms. The van der Waals surface area contributed by atoms with E-state index < -0.39 is 11.6 Å². The molecule has 1 aromatic rings. The van der Waals surface area contributed by atoms with Crippen LogP contribution in [0.5, 0.6) is 5.75 Å². The van der Waals surface area contributed by atoms with Crippen LogP contribution in [0.15, 0.2) is 12.1 Å². The highest BCUT2D eigenvalue weighted by Gasteiger charge is 2.15. The normalized spacial score (nSPS) is 9.93. The molecule has 0 aliphatic carbocycles. The fourth-order valence-electron chi connectivity index (χ4n) is 1.12. The number of hydrogen-bond donors (Lipinski definition) is 1. The quantitative estimate of drug-likeness (QED) is 0.478. The van der Waals surface area contributed by atoms with Gasteiger partial charge in [-0.05, 0) is 6.07 Å². The van der Waals surface area contributed by atoms with Crippen molar-refractivity contribution in [2.24, 2.45) is 0 Å². The molecule has 3 nitrogen and oxygen atoms in total. The van der Waals surface area contributed by atoms with E-state index in [4.69, 9.17) is 22.1 Å². The summed E-state index contributed by atoms with van der Waals surface area (Å²) < 4.78 is 17.8. The molecule has 0 aliphatic rings. The van der Waals surface area contributed by atoms with Crippen LogP contribution in [-0.2, 0) is 0 Å². The van der Waals surface area contributed by atoms with Gasteiger partial charge in [0.15, 0.2) is 11.5 Å². The van der Waals surface area contributed by atoms with Gasteiger partial charge in [0, 0.05) is 6.07 Å². The number of methoxy groups -OCH3 is 1. The van der Waals surface area contributed by atoms with E-state index in [-0.39, 0.29) is 22.9 Å². The Bertz CT molecular complexity index is 368. The Morgan fingerprint density at radius 2 is 2.29 bits per heavy atom. The lowest BCUT2D eigenvalue weighted by Gasteiger charge is -2.09. The monoisotopic (exact) mass is 217 g/mol. The van der Waals surface area contributed by atoms with E-state index in [0.717, 1.165) is 12.1 Å². The van der Waals surface area contributed by atoms with Gasteiger partial charge in [-0.1, -0.05) is 0 Å². The molecule has 76 valence electrons. The van der Waals surface area contributed by atoms with Gasteiger partial charge < -0.3 is 10.5 Å². The average Bonchev–Trinajstić information content (AvgIpc) is 2.15. The predicted molar refractivity (Wildman–Crippen MR) is 52.4 cm³/mol. The summed E-state index contributed by atoms with van der Waals surface area (Å²) in [6.07, 6.45) is 0. The van der Waals surface area contributed by atoms with E-state index in [0.29, 0.717) is 0 Å². The Morgan fingerprint density at radius 3 is 2.79 bits per heavy atom. The first kappa shape index (κ1) is 10.8. The van der Waals surface area contributed by atoms with Gasteiger partial charge in [0.1, 0.15) is 5.82 Å². The molecular formula is C9H9ClFNO2. The highest BCUT2D eigenvalue weighted by molar-refractivity contribution is 6.31. The van der Waals surface area contributed by atoms with Gasteiger partial charge in [0.05, 0.1) is 24.2 Å². The molecule has 14 heavy (non-hydrogen) atoms. The van der Waals surface area contributed by atoms with E-state index in [1.165, 1.54) is 7.11 Å². The Morgan fingerprint density at radius 1 is 1.64 bits per heavy atom. The van der Waals surface area contributed by atoms with Gasteiger partial charge in [-0.2, -0.15) is 0 Å². The lowest BCUT2D eigenvalue weighted by molar-refractivity contribution is 0.101. The first-order valence-corrected chi connectivity index (χ1v) is 4.35. The second kappa shape index (κ2) is 4.28. The maximum Gasteiger partial charge on any atom is 0.181 e. The fourth-order valence-corrected chi connectivity index (χ4v) is 1.27. The van der Waals surface area contributed by atoms with E-state index in [1.807, 2.05) is 0 Å². The van der Waals surface area contributed by atoms with Crippen molar-refractivity contribution in [3.8, 4) is 5.75 Å². The Hall–Kier alpha value is -1.29. The summed E-state index contributed by atoms with van der Waals surface area (Å²) in [5, 5.41) is 0. The van der Waals surface area contributed by atoms with E-state index in [1.54, 1.807) is 0 Å². The van der Waals surface area contributed by atoms with Crippen molar-refractivity contribution < 1.29 is 13.9 Å². The zero-order chi connectivity index (χ0) is 10.7. The molecule has 1 rings (SSSR count). The first-order valence-electron chi connectivity index (χ1n) is 3.82. The standard InChI is InChI=1S/C9H9ClFNO2/c1-14-9-6(8(13)4-10)2-5(11)3-7(9)12/h2-3H,4,12H2,1H3.